The van der Waals surface area contributed by atoms with Crippen molar-refractivity contribution in [1.29, 1.82) is 0 Å². The normalized spacial score (nSPS) is 13.9. The Kier molecular flexibility index (Phi) is 4.95. The molecule has 1 aliphatic rings. The predicted molar refractivity (Wildman–Crippen MR) is 106 cm³/mol. The number of fused-ring (bicyclic) bond motifs is 1. The number of hydrogen-bond donors (Lipinski definition) is 0. The van der Waals surface area contributed by atoms with Crippen molar-refractivity contribution >= 4 is 29.2 Å². The van der Waals surface area contributed by atoms with Crippen LogP contribution >= 0.6 is 11.3 Å². The molecule has 1 aliphatic heterocycles. The van der Waals surface area contributed by atoms with Crippen LogP contribution < -0.4 is 14.2 Å². The predicted octanol–water partition coefficient (Wildman–Crippen LogP) is 4.52. The van der Waals surface area contributed by atoms with Crippen molar-refractivity contribution in [2.75, 3.05) is 7.11 Å². The number of carbonyl (C=O) groups excluding carboxylic acids is 2. The second-order valence-corrected chi connectivity index (χ2v) is 7.10. The fourth-order valence-corrected chi connectivity index (χ4v) is 3.57. The SMILES string of the molecule is COc1ccccc1/C=C1\Oc2cc(OC(=O)Cc3cccs3)ccc2C1=O. The minimum Gasteiger partial charge on any atom is -0.496 e. The van der Waals surface area contributed by atoms with Crippen LogP contribution in [0.25, 0.3) is 6.08 Å². The van der Waals surface area contributed by atoms with Crippen molar-refractivity contribution in [3.05, 3.63) is 81.7 Å². The molecule has 2 aromatic carbocycles. The number of carbonyl (C=O) groups is 2. The standard InChI is InChI=1S/C22H16O5S/c1-25-18-7-3-2-5-14(18)11-20-22(24)17-9-8-15(12-19(17)27-20)26-21(23)13-16-6-4-10-28-16/h2-12H,13H2,1H3/b20-11-. The molecule has 0 amide bonds. The lowest BCUT2D eigenvalue weighted by molar-refractivity contribution is -0.133. The highest BCUT2D eigenvalue weighted by Gasteiger charge is 2.28. The van der Waals surface area contributed by atoms with Crippen molar-refractivity contribution in [2.45, 2.75) is 6.42 Å². The minimum absolute atomic E-state index is 0.196. The molecule has 5 nitrogen and oxygen atoms in total. The van der Waals surface area contributed by atoms with Crippen molar-refractivity contribution in [2.24, 2.45) is 0 Å². The lowest BCUT2D eigenvalue weighted by Crippen LogP contribution is -2.10. The van der Waals surface area contributed by atoms with Gasteiger partial charge in [0.1, 0.15) is 17.2 Å². The van der Waals surface area contributed by atoms with Crippen LogP contribution in [0.4, 0.5) is 0 Å². The molecule has 0 saturated heterocycles. The van der Waals surface area contributed by atoms with Gasteiger partial charge in [-0.25, -0.2) is 0 Å². The second kappa shape index (κ2) is 7.70. The van der Waals surface area contributed by atoms with E-state index >= 15 is 0 Å². The zero-order valence-electron chi connectivity index (χ0n) is 15.0. The number of rotatable bonds is 5. The Morgan fingerprint density at radius 3 is 2.79 bits per heavy atom. The van der Waals surface area contributed by atoms with E-state index in [1.54, 1.807) is 31.4 Å². The molecule has 0 fully saturated rings. The van der Waals surface area contributed by atoms with Crippen LogP contribution in [-0.4, -0.2) is 18.9 Å². The fraction of sp³-hybridized carbons (Fsp3) is 0.0909. The van der Waals surface area contributed by atoms with E-state index in [9.17, 15) is 9.59 Å². The Hall–Kier alpha value is -3.38. The van der Waals surface area contributed by atoms with Gasteiger partial charge in [0.15, 0.2) is 5.76 Å². The number of ketones is 1. The molecule has 28 heavy (non-hydrogen) atoms. The number of hydrogen-bond acceptors (Lipinski definition) is 6. The maximum absolute atomic E-state index is 12.6. The fourth-order valence-electron chi connectivity index (χ4n) is 2.88. The molecule has 0 unspecified atom stereocenters. The highest BCUT2D eigenvalue weighted by Crippen LogP contribution is 2.35. The Balaban J connectivity index is 1.53. The minimum atomic E-state index is -0.364. The van der Waals surface area contributed by atoms with E-state index < -0.39 is 0 Å². The quantitative estimate of drug-likeness (QED) is 0.363. The van der Waals surface area contributed by atoms with Crippen molar-refractivity contribution in [3.63, 3.8) is 0 Å². The summed E-state index contributed by atoms with van der Waals surface area (Å²) in [7, 11) is 1.57. The molecule has 140 valence electrons. The number of Topliss-reactive ketones (excluding diaryl/α,β-unsaturated/α-hetero) is 1. The first-order valence-corrected chi connectivity index (χ1v) is 9.46. The molecular formula is C22H16O5S. The van der Waals surface area contributed by atoms with Crippen LogP contribution in [0.1, 0.15) is 20.8 Å². The molecule has 0 radical (unpaired) electrons. The lowest BCUT2D eigenvalue weighted by atomic mass is 10.1. The number of ether oxygens (including phenoxy) is 3. The summed E-state index contributed by atoms with van der Waals surface area (Å²) in [5.41, 5.74) is 1.17. The summed E-state index contributed by atoms with van der Waals surface area (Å²) in [6.45, 7) is 0. The molecule has 0 atom stereocenters. The number of benzene rings is 2. The summed E-state index contributed by atoms with van der Waals surface area (Å²) in [5, 5.41) is 1.91. The summed E-state index contributed by atoms with van der Waals surface area (Å²) in [6.07, 6.45) is 1.84. The molecular weight excluding hydrogens is 376 g/mol. The van der Waals surface area contributed by atoms with Crippen molar-refractivity contribution in [1.82, 2.24) is 0 Å². The summed E-state index contributed by atoms with van der Waals surface area (Å²) in [4.78, 5) is 25.6. The first-order valence-electron chi connectivity index (χ1n) is 8.58. The van der Waals surface area contributed by atoms with Crippen LogP contribution in [0.2, 0.25) is 0 Å². The Bertz CT molecular complexity index is 1070. The van der Waals surface area contributed by atoms with Gasteiger partial charge in [0.2, 0.25) is 5.78 Å². The van der Waals surface area contributed by atoms with E-state index in [4.69, 9.17) is 14.2 Å². The molecule has 6 heteroatoms. The number of esters is 1. The summed E-state index contributed by atoms with van der Waals surface area (Å²) < 4.78 is 16.4. The average Bonchev–Trinajstić information content (AvgIpc) is 3.30. The van der Waals surface area contributed by atoms with Gasteiger partial charge in [0.05, 0.1) is 19.1 Å². The van der Waals surface area contributed by atoms with E-state index in [-0.39, 0.29) is 23.9 Å². The first kappa shape index (κ1) is 18.0. The lowest BCUT2D eigenvalue weighted by Gasteiger charge is -2.05. The summed E-state index contributed by atoms with van der Waals surface area (Å²) in [6, 6.07) is 15.9. The maximum Gasteiger partial charge on any atom is 0.316 e. The largest absolute Gasteiger partial charge is 0.496 e. The van der Waals surface area contributed by atoms with Crippen LogP contribution in [0.15, 0.2) is 65.7 Å². The number of para-hydroxylation sites is 1. The third-order valence-corrected chi connectivity index (χ3v) is 5.07. The zero-order chi connectivity index (χ0) is 19.5. The Labute approximate surface area is 165 Å². The number of allylic oxidation sites excluding steroid dienone is 1. The molecule has 0 N–H and O–H groups in total. The van der Waals surface area contributed by atoms with Gasteiger partial charge in [-0.15, -0.1) is 11.3 Å². The molecule has 4 rings (SSSR count). The highest BCUT2D eigenvalue weighted by atomic mass is 32.1. The Morgan fingerprint density at radius 2 is 2.00 bits per heavy atom. The summed E-state index contributed by atoms with van der Waals surface area (Å²) in [5.74, 6) is 0.959. The van der Waals surface area contributed by atoms with E-state index in [1.165, 1.54) is 11.3 Å². The Morgan fingerprint density at radius 1 is 1.14 bits per heavy atom. The molecule has 1 aromatic heterocycles. The number of thiophene rings is 1. The van der Waals surface area contributed by atoms with E-state index in [1.807, 2.05) is 41.8 Å². The van der Waals surface area contributed by atoms with Gasteiger partial charge in [-0.1, -0.05) is 24.3 Å². The first-order chi connectivity index (χ1) is 13.6. The van der Waals surface area contributed by atoms with Crippen LogP contribution in [-0.2, 0) is 11.2 Å². The monoisotopic (exact) mass is 392 g/mol. The van der Waals surface area contributed by atoms with Gasteiger partial charge in [-0.3, -0.25) is 9.59 Å². The molecule has 2 heterocycles. The summed E-state index contributed by atoms with van der Waals surface area (Å²) >= 11 is 1.50. The van der Waals surface area contributed by atoms with Gasteiger partial charge in [-0.05, 0) is 35.7 Å². The van der Waals surface area contributed by atoms with Crippen LogP contribution in [0.5, 0.6) is 17.2 Å². The average molecular weight is 392 g/mol. The number of methoxy groups -OCH3 is 1. The molecule has 0 bridgehead atoms. The smallest absolute Gasteiger partial charge is 0.316 e. The van der Waals surface area contributed by atoms with Gasteiger partial charge >= 0.3 is 5.97 Å². The molecule has 0 aliphatic carbocycles. The zero-order valence-corrected chi connectivity index (χ0v) is 15.8. The topological polar surface area (TPSA) is 61.8 Å². The van der Waals surface area contributed by atoms with E-state index in [0.29, 0.717) is 22.8 Å². The third-order valence-electron chi connectivity index (χ3n) is 4.20. The van der Waals surface area contributed by atoms with Crippen molar-refractivity contribution in [3.8, 4) is 17.2 Å². The van der Waals surface area contributed by atoms with Gasteiger partial charge < -0.3 is 14.2 Å². The van der Waals surface area contributed by atoms with Gasteiger partial charge in [-0.2, -0.15) is 0 Å². The molecule has 0 spiro atoms. The van der Waals surface area contributed by atoms with E-state index in [2.05, 4.69) is 0 Å². The third kappa shape index (κ3) is 3.68. The van der Waals surface area contributed by atoms with Crippen molar-refractivity contribution < 1.29 is 23.8 Å². The highest BCUT2D eigenvalue weighted by molar-refractivity contribution is 7.10. The maximum atomic E-state index is 12.6. The van der Waals surface area contributed by atoms with Crippen LogP contribution in [0, 0.1) is 0 Å². The second-order valence-electron chi connectivity index (χ2n) is 6.07. The van der Waals surface area contributed by atoms with Gasteiger partial charge in [0, 0.05) is 16.5 Å². The molecule has 3 aromatic rings. The van der Waals surface area contributed by atoms with Gasteiger partial charge in [0.25, 0.3) is 0 Å². The molecule has 0 saturated carbocycles. The van der Waals surface area contributed by atoms with Crippen LogP contribution in [0.3, 0.4) is 0 Å². The van der Waals surface area contributed by atoms with E-state index in [0.717, 1.165) is 10.4 Å².